The molecule has 1 aliphatic carbocycles. The number of anilines is 1. The smallest absolute Gasteiger partial charge is 0.282 e. The Morgan fingerprint density at radius 2 is 1.82 bits per heavy atom. The zero-order valence-electron chi connectivity index (χ0n) is 17.1. The number of para-hydroxylation sites is 1. The Hall–Kier alpha value is -1.99. The fourth-order valence-electron chi connectivity index (χ4n) is 5.01. The SMILES string of the molecule is O=[N+]([O-])c1ccccc1S[C@@H]1C[C@H]2[C@@H](c3cc(Cl)cc(Cl)c3N[C@H]2c2ccc(F)cc2)[C@@H]1Cl. The van der Waals surface area contributed by atoms with Crippen LogP contribution in [0.25, 0.3) is 0 Å². The highest BCUT2D eigenvalue weighted by Gasteiger charge is 2.50. The van der Waals surface area contributed by atoms with Crippen molar-refractivity contribution in [2.45, 2.75) is 33.9 Å². The predicted molar refractivity (Wildman–Crippen MR) is 132 cm³/mol. The van der Waals surface area contributed by atoms with Gasteiger partial charge in [0.25, 0.3) is 5.69 Å². The van der Waals surface area contributed by atoms with E-state index in [2.05, 4.69) is 5.32 Å². The number of nitrogens with zero attached hydrogens (tertiary/aromatic N) is 1. The third kappa shape index (κ3) is 4.18. The lowest BCUT2D eigenvalue weighted by atomic mass is 9.77. The maximum Gasteiger partial charge on any atom is 0.282 e. The standard InChI is InChI=1S/C24H18Cl3FN2O2S/c25-13-9-15-21-16(11-20(22(21)27)33-19-4-2-1-3-18(19)30(31)32)23(29-24(15)17(26)10-13)12-5-7-14(28)8-6-12/h1-10,16,20-23,29H,11H2/t16-,20+,21+,22+,23-/m0/s1. The van der Waals surface area contributed by atoms with Crippen LogP contribution in [0.4, 0.5) is 15.8 Å². The Morgan fingerprint density at radius 3 is 2.55 bits per heavy atom. The Labute approximate surface area is 209 Å². The van der Waals surface area contributed by atoms with Gasteiger partial charge in [0, 0.05) is 22.3 Å². The predicted octanol–water partition coefficient (Wildman–Crippen LogP) is 8.08. The number of nitro benzene ring substituents is 1. The number of hydrogen-bond donors (Lipinski definition) is 1. The van der Waals surface area contributed by atoms with Gasteiger partial charge in [-0.25, -0.2) is 4.39 Å². The third-order valence-electron chi connectivity index (χ3n) is 6.41. The molecule has 1 fully saturated rings. The van der Waals surface area contributed by atoms with Crippen molar-refractivity contribution in [1.82, 2.24) is 0 Å². The lowest BCUT2D eigenvalue weighted by Gasteiger charge is -2.39. The van der Waals surface area contributed by atoms with Crippen molar-refractivity contribution < 1.29 is 9.31 Å². The second-order valence-corrected chi connectivity index (χ2v) is 10.9. The first-order chi connectivity index (χ1) is 15.8. The number of benzene rings is 3. The molecule has 170 valence electrons. The van der Waals surface area contributed by atoms with Crippen LogP contribution in [0.15, 0.2) is 65.6 Å². The second kappa shape index (κ2) is 8.99. The lowest BCUT2D eigenvalue weighted by Crippen LogP contribution is -2.31. The normalized spacial score (nSPS) is 25.8. The Kier molecular flexibility index (Phi) is 6.21. The number of rotatable bonds is 4. The molecule has 0 saturated heterocycles. The van der Waals surface area contributed by atoms with E-state index in [-0.39, 0.29) is 44.9 Å². The van der Waals surface area contributed by atoms with Crippen LogP contribution in [0, 0.1) is 21.8 Å². The van der Waals surface area contributed by atoms with Gasteiger partial charge in [0.1, 0.15) is 5.82 Å². The van der Waals surface area contributed by atoms with Gasteiger partial charge in [-0.15, -0.1) is 23.4 Å². The second-order valence-electron chi connectivity index (χ2n) is 8.28. The molecule has 3 aromatic rings. The molecule has 0 bridgehead atoms. The van der Waals surface area contributed by atoms with E-state index in [0.29, 0.717) is 21.4 Å². The first-order valence-electron chi connectivity index (χ1n) is 10.4. The van der Waals surface area contributed by atoms with E-state index in [0.717, 1.165) is 16.8 Å². The van der Waals surface area contributed by atoms with Crippen LogP contribution in [0.2, 0.25) is 10.0 Å². The van der Waals surface area contributed by atoms with Gasteiger partial charge in [-0.05, 0) is 53.8 Å². The number of nitrogens with one attached hydrogen (secondary N) is 1. The minimum atomic E-state index is -0.370. The number of halogens is 4. The van der Waals surface area contributed by atoms with Crippen molar-refractivity contribution in [3.63, 3.8) is 0 Å². The molecule has 0 spiro atoms. The summed E-state index contributed by atoms with van der Waals surface area (Å²) >= 11 is 21.4. The average Bonchev–Trinajstić information content (AvgIpc) is 3.10. The summed E-state index contributed by atoms with van der Waals surface area (Å²) in [6.07, 6.45) is 0.716. The summed E-state index contributed by atoms with van der Waals surface area (Å²) in [4.78, 5) is 11.7. The number of nitro groups is 1. The number of hydrogen-bond acceptors (Lipinski definition) is 4. The van der Waals surface area contributed by atoms with Crippen LogP contribution in [-0.4, -0.2) is 15.6 Å². The van der Waals surface area contributed by atoms with Gasteiger partial charge in [0.2, 0.25) is 0 Å². The number of fused-ring (bicyclic) bond motifs is 3. The molecule has 1 saturated carbocycles. The third-order valence-corrected chi connectivity index (χ3v) is 9.03. The van der Waals surface area contributed by atoms with Crippen LogP contribution >= 0.6 is 46.6 Å². The van der Waals surface area contributed by atoms with Gasteiger partial charge in [-0.2, -0.15) is 0 Å². The van der Waals surface area contributed by atoms with E-state index in [1.807, 2.05) is 6.07 Å². The molecule has 9 heteroatoms. The van der Waals surface area contributed by atoms with Crippen LogP contribution in [0.5, 0.6) is 0 Å². The summed E-state index contributed by atoms with van der Waals surface area (Å²) in [5, 5.41) is 15.7. The van der Waals surface area contributed by atoms with Gasteiger partial charge >= 0.3 is 0 Å². The summed E-state index contributed by atoms with van der Waals surface area (Å²) in [5.74, 6) is -0.308. The zero-order valence-corrected chi connectivity index (χ0v) is 20.1. The molecule has 2 aliphatic rings. The molecule has 33 heavy (non-hydrogen) atoms. The first kappa shape index (κ1) is 22.8. The Morgan fingerprint density at radius 1 is 1.09 bits per heavy atom. The Bertz CT molecular complexity index is 1230. The molecule has 0 radical (unpaired) electrons. The molecule has 0 aromatic heterocycles. The fourth-order valence-corrected chi connectivity index (χ4v) is 7.52. The molecule has 1 N–H and O–H groups in total. The molecule has 5 rings (SSSR count). The van der Waals surface area contributed by atoms with Crippen molar-refractivity contribution in [2.24, 2.45) is 5.92 Å². The molecule has 1 heterocycles. The minimum absolute atomic E-state index is 0.0697. The average molecular weight is 524 g/mol. The van der Waals surface area contributed by atoms with Gasteiger partial charge in [0.15, 0.2) is 0 Å². The summed E-state index contributed by atoms with van der Waals surface area (Å²) in [7, 11) is 0. The summed E-state index contributed by atoms with van der Waals surface area (Å²) in [6.45, 7) is 0. The quantitative estimate of drug-likeness (QED) is 0.213. The molecular formula is C24H18Cl3FN2O2S. The van der Waals surface area contributed by atoms with Gasteiger partial charge in [-0.3, -0.25) is 10.1 Å². The molecular weight excluding hydrogens is 506 g/mol. The highest BCUT2D eigenvalue weighted by molar-refractivity contribution is 8.00. The van der Waals surface area contributed by atoms with E-state index in [1.165, 1.54) is 30.0 Å². The van der Waals surface area contributed by atoms with E-state index < -0.39 is 0 Å². The fraction of sp³-hybridized carbons (Fsp3) is 0.250. The van der Waals surface area contributed by atoms with Crippen LogP contribution in [-0.2, 0) is 0 Å². The summed E-state index contributed by atoms with van der Waals surface area (Å²) < 4.78 is 13.6. The van der Waals surface area contributed by atoms with E-state index >= 15 is 0 Å². The molecule has 3 aromatic carbocycles. The van der Waals surface area contributed by atoms with Crippen LogP contribution < -0.4 is 5.32 Å². The maximum absolute atomic E-state index is 13.6. The number of alkyl halides is 1. The van der Waals surface area contributed by atoms with Gasteiger partial charge in [0.05, 0.1) is 31.9 Å². The van der Waals surface area contributed by atoms with E-state index in [9.17, 15) is 14.5 Å². The van der Waals surface area contributed by atoms with Crippen molar-refractivity contribution in [3.8, 4) is 0 Å². The Balaban J connectivity index is 1.56. The largest absolute Gasteiger partial charge is 0.376 e. The van der Waals surface area contributed by atoms with E-state index in [4.69, 9.17) is 34.8 Å². The van der Waals surface area contributed by atoms with Gasteiger partial charge < -0.3 is 5.32 Å². The van der Waals surface area contributed by atoms with Crippen molar-refractivity contribution in [2.75, 3.05) is 5.32 Å². The number of thioether (sulfide) groups is 1. The molecule has 1 aliphatic heterocycles. The van der Waals surface area contributed by atoms with Gasteiger partial charge in [-0.1, -0.05) is 47.5 Å². The minimum Gasteiger partial charge on any atom is -0.376 e. The first-order valence-corrected chi connectivity index (χ1v) is 12.5. The van der Waals surface area contributed by atoms with E-state index in [1.54, 1.807) is 36.4 Å². The lowest BCUT2D eigenvalue weighted by molar-refractivity contribution is -0.387. The molecule has 0 amide bonds. The van der Waals surface area contributed by atoms with Crippen LogP contribution in [0.1, 0.15) is 29.5 Å². The summed E-state index contributed by atoms with van der Waals surface area (Å²) in [6, 6.07) is 16.6. The molecule has 4 nitrogen and oxygen atoms in total. The maximum atomic E-state index is 13.6. The monoisotopic (exact) mass is 522 g/mol. The molecule has 5 atom stereocenters. The molecule has 0 unspecified atom stereocenters. The van der Waals surface area contributed by atoms with Crippen molar-refractivity contribution >= 4 is 57.9 Å². The van der Waals surface area contributed by atoms with Crippen molar-refractivity contribution in [3.05, 3.63) is 97.8 Å². The highest BCUT2D eigenvalue weighted by atomic mass is 35.5. The topological polar surface area (TPSA) is 55.2 Å². The van der Waals surface area contributed by atoms with Crippen LogP contribution in [0.3, 0.4) is 0 Å². The summed E-state index contributed by atoms with van der Waals surface area (Å²) in [5.41, 5.74) is 2.73. The zero-order chi connectivity index (χ0) is 23.3. The highest BCUT2D eigenvalue weighted by Crippen LogP contribution is 2.59. The van der Waals surface area contributed by atoms with Crippen molar-refractivity contribution in [1.29, 1.82) is 0 Å².